The molecule has 0 fully saturated rings. The summed E-state index contributed by atoms with van der Waals surface area (Å²) in [5.41, 5.74) is 0. The van der Waals surface area contributed by atoms with Crippen LogP contribution in [0.25, 0.3) is 0 Å². The summed E-state index contributed by atoms with van der Waals surface area (Å²) in [7, 11) is 3.66. The normalized spacial score (nSPS) is 6.00. The van der Waals surface area contributed by atoms with Crippen LogP contribution < -0.4 is 5.32 Å². The summed E-state index contributed by atoms with van der Waals surface area (Å²) in [6, 6.07) is 0. The minimum Gasteiger partial charge on any atom is -0.385 e. The van der Waals surface area contributed by atoms with Crippen LogP contribution >= 0.6 is 0 Å². The third-order valence-corrected chi connectivity index (χ3v) is 0.775. The second-order valence-corrected chi connectivity index (χ2v) is 1.45. The SMILES string of the molecule is C.C.C.C.CNCCCOC. The second-order valence-electron chi connectivity index (χ2n) is 1.45. The molecule has 2 nitrogen and oxygen atoms in total. The highest BCUT2D eigenvalue weighted by Crippen LogP contribution is 1.73. The molecule has 0 saturated heterocycles. The van der Waals surface area contributed by atoms with E-state index in [1.165, 1.54) is 0 Å². The van der Waals surface area contributed by atoms with Crippen LogP contribution in [0.2, 0.25) is 0 Å². The van der Waals surface area contributed by atoms with E-state index in [9.17, 15) is 0 Å². The zero-order valence-electron chi connectivity index (χ0n) is 5.03. The van der Waals surface area contributed by atoms with Gasteiger partial charge in [-0.3, -0.25) is 0 Å². The molecule has 0 aromatic heterocycles. The van der Waals surface area contributed by atoms with Gasteiger partial charge in [0, 0.05) is 13.7 Å². The first-order valence-electron chi connectivity index (χ1n) is 2.55. The maximum absolute atomic E-state index is 4.80. The zero-order valence-corrected chi connectivity index (χ0v) is 5.03. The van der Waals surface area contributed by atoms with Crippen LogP contribution in [0.4, 0.5) is 0 Å². The van der Waals surface area contributed by atoms with Gasteiger partial charge in [-0.2, -0.15) is 0 Å². The first-order chi connectivity index (χ1) is 3.41. The Bertz CT molecular complexity index is 28.7. The first kappa shape index (κ1) is 30.7. The molecule has 0 aliphatic carbocycles. The van der Waals surface area contributed by atoms with Crippen LogP contribution in [0, 0.1) is 0 Å². The van der Waals surface area contributed by atoms with Crippen molar-refractivity contribution >= 4 is 0 Å². The van der Waals surface area contributed by atoms with Gasteiger partial charge in [0.2, 0.25) is 0 Å². The van der Waals surface area contributed by atoms with Gasteiger partial charge < -0.3 is 10.1 Å². The highest BCUT2D eigenvalue weighted by atomic mass is 16.5. The predicted molar refractivity (Wildman–Crippen MR) is 57.3 cm³/mol. The van der Waals surface area contributed by atoms with Gasteiger partial charge in [-0.05, 0) is 20.0 Å². The maximum Gasteiger partial charge on any atom is 0.0474 e. The van der Waals surface area contributed by atoms with Gasteiger partial charge in [-0.25, -0.2) is 0 Å². The Morgan fingerprint density at radius 3 is 1.82 bits per heavy atom. The van der Waals surface area contributed by atoms with Crippen LogP contribution in [0.15, 0.2) is 0 Å². The number of rotatable bonds is 4. The van der Waals surface area contributed by atoms with Crippen molar-refractivity contribution in [1.29, 1.82) is 0 Å². The lowest BCUT2D eigenvalue weighted by Gasteiger charge is -1.94. The average Bonchev–Trinajstić information content (AvgIpc) is 1.69. The standard InChI is InChI=1S/C5H13NO.4CH4/c1-6-4-3-5-7-2;;;;/h6H,3-5H2,1-2H3;4*1H4. The summed E-state index contributed by atoms with van der Waals surface area (Å²) < 4.78 is 4.80. The van der Waals surface area contributed by atoms with Gasteiger partial charge in [0.25, 0.3) is 0 Å². The minimum atomic E-state index is 0. The third kappa shape index (κ3) is 40.5. The third-order valence-electron chi connectivity index (χ3n) is 0.775. The van der Waals surface area contributed by atoms with Crippen molar-refractivity contribution in [1.82, 2.24) is 5.32 Å². The summed E-state index contributed by atoms with van der Waals surface area (Å²) in [6.07, 6.45) is 1.10. The number of methoxy groups -OCH3 is 1. The number of hydrogen-bond donors (Lipinski definition) is 1. The van der Waals surface area contributed by atoms with Crippen molar-refractivity contribution in [2.45, 2.75) is 36.1 Å². The fourth-order valence-electron chi connectivity index (χ4n) is 0.393. The first-order valence-corrected chi connectivity index (χ1v) is 2.55. The van der Waals surface area contributed by atoms with Crippen LogP contribution in [0.1, 0.15) is 36.1 Å². The number of hydrogen-bond acceptors (Lipinski definition) is 2. The van der Waals surface area contributed by atoms with Crippen molar-refractivity contribution in [3.8, 4) is 0 Å². The monoisotopic (exact) mass is 167 g/mol. The van der Waals surface area contributed by atoms with Crippen molar-refractivity contribution in [2.75, 3.05) is 27.3 Å². The zero-order chi connectivity index (χ0) is 5.54. The van der Waals surface area contributed by atoms with E-state index >= 15 is 0 Å². The van der Waals surface area contributed by atoms with Gasteiger partial charge in [0.1, 0.15) is 0 Å². The summed E-state index contributed by atoms with van der Waals surface area (Å²) in [6.45, 7) is 1.91. The van der Waals surface area contributed by atoms with Gasteiger partial charge >= 0.3 is 0 Å². The fourth-order valence-corrected chi connectivity index (χ4v) is 0.393. The van der Waals surface area contributed by atoms with Crippen LogP contribution in [0.3, 0.4) is 0 Å². The Hall–Kier alpha value is -0.0800. The Morgan fingerprint density at radius 2 is 1.55 bits per heavy atom. The molecule has 2 heteroatoms. The van der Waals surface area contributed by atoms with E-state index in [0.717, 1.165) is 19.6 Å². The Kier molecular flexibility index (Phi) is 90.9. The minimum absolute atomic E-state index is 0. The molecule has 0 aromatic carbocycles. The highest BCUT2D eigenvalue weighted by molar-refractivity contribution is 4.36. The molecule has 0 aliphatic heterocycles. The molecule has 0 unspecified atom stereocenters. The van der Waals surface area contributed by atoms with E-state index < -0.39 is 0 Å². The molecule has 0 rings (SSSR count). The highest BCUT2D eigenvalue weighted by Gasteiger charge is 1.78. The Morgan fingerprint density at radius 1 is 1.09 bits per heavy atom. The largest absolute Gasteiger partial charge is 0.385 e. The van der Waals surface area contributed by atoms with E-state index in [1.807, 2.05) is 7.05 Å². The smallest absolute Gasteiger partial charge is 0.0474 e. The van der Waals surface area contributed by atoms with Gasteiger partial charge in [0.15, 0.2) is 0 Å². The molecule has 11 heavy (non-hydrogen) atoms. The van der Waals surface area contributed by atoms with Crippen molar-refractivity contribution in [2.24, 2.45) is 0 Å². The molecule has 0 aliphatic rings. The van der Waals surface area contributed by atoms with E-state index in [-0.39, 0.29) is 29.7 Å². The van der Waals surface area contributed by atoms with Crippen molar-refractivity contribution in [3.05, 3.63) is 0 Å². The van der Waals surface area contributed by atoms with Gasteiger partial charge in [-0.15, -0.1) is 0 Å². The Labute approximate surface area is 74.3 Å². The quantitative estimate of drug-likeness (QED) is 0.650. The lowest BCUT2D eigenvalue weighted by atomic mass is 10.5. The van der Waals surface area contributed by atoms with Crippen molar-refractivity contribution < 1.29 is 4.74 Å². The Balaban J connectivity index is -0.0000000300. The van der Waals surface area contributed by atoms with Crippen LogP contribution in [-0.4, -0.2) is 27.3 Å². The molecule has 0 bridgehead atoms. The molecule has 76 valence electrons. The van der Waals surface area contributed by atoms with E-state index in [1.54, 1.807) is 7.11 Å². The lowest BCUT2D eigenvalue weighted by Crippen LogP contribution is -2.09. The van der Waals surface area contributed by atoms with Gasteiger partial charge in [0.05, 0.1) is 0 Å². The maximum atomic E-state index is 4.80. The molecule has 1 N–H and O–H groups in total. The van der Waals surface area contributed by atoms with Crippen LogP contribution in [0.5, 0.6) is 0 Å². The number of ether oxygens (including phenoxy) is 1. The van der Waals surface area contributed by atoms with Gasteiger partial charge in [-0.1, -0.05) is 29.7 Å². The topological polar surface area (TPSA) is 21.3 Å². The molecule has 0 heterocycles. The van der Waals surface area contributed by atoms with Crippen LogP contribution in [-0.2, 0) is 4.74 Å². The summed E-state index contributed by atoms with van der Waals surface area (Å²) in [4.78, 5) is 0. The molecule has 0 amide bonds. The summed E-state index contributed by atoms with van der Waals surface area (Å²) in [5, 5.41) is 3.02. The summed E-state index contributed by atoms with van der Waals surface area (Å²) in [5.74, 6) is 0. The number of nitrogens with one attached hydrogen (secondary N) is 1. The summed E-state index contributed by atoms with van der Waals surface area (Å²) >= 11 is 0. The molecule has 0 spiro atoms. The fraction of sp³-hybridized carbons (Fsp3) is 1.00. The molecular weight excluding hydrogens is 138 g/mol. The molecule has 0 saturated carbocycles. The molecule has 0 aromatic rings. The second kappa shape index (κ2) is 32.6. The van der Waals surface area contributed by atoms with E-state index in [0.29, 0.717) is 0 Å². The van der Waals surface area contributed by atoms with E-state index in [4.69, 9.17) is 4.74 Å². The predicted octanol–water partition coefficient (Wildman–Crippen LogP) is 2.79. The average molecular weight is 167 g/mol. The lowest BCUT2D eigenvalue weighted by molar-refractivity contribution is 0.195. The van der Waals surface area contributed by atoms with Crippen molar-refractivity contribution in [3.63, 3.8) is 0 Å². The molecule has 0 atom stereocenters. The molecule has 0 radical (unpaired) electrons. The van der Waals surface area contributed by atoms with E-state index in [2.05, 4.69) is 5.32 Å². The molecular formula is C9H29NO.